The van der Waals surface area contributed by atoms with Crippen molar-refractivity contribution < 1.29 is 14.7 Å². The highest BCUT2D eigenvalue weighted by atomic mass is 79.9. The number of carboxylic acids is 1. The van der Waals surface area contributed by atoms with Gasteiger partial charge < -0.3 is 10.0 Å². The molecule has 1 aromatic carbocycles. The molecule has 1 N–H and O–H groups in total. The number of carbonyl (C=O) groups excluding carboxylic acids is 1. The van der Waals surface area contributed by atoms with E-state index in [2.05, 4.69) is 15.9 Å². The second-order valence-corrected chi connectivity index (χ2v) is 5.93. The molecule has 102 valence electrons. The van der Waals surface area contributed by atoms with Crippen LogP contribution in [0.2, 0.25) is 0 Å². The van der Waals surface area contributed by atoms with Crippen LogP contribution in [0.1, 0.15) is 40.0 Å². The second-order valence-electron chi connectivity index (χ2n) is 5.02. The molecule has 0 heterocycles. The number of hydrogen-bond donors (Lipinski definition) is 1. The normalized spacial score (nSPS) is 14.8. The minimum atomic E-state index is -1.03. The molecule has 1 aromatic rings. The smallest absolute Gasteiger partial charge is 0.335 e. The van der Waals surface area contributed by atoms with Crippen LogP contribution in [0.5, 0.6) is 0 Å². The van der Waals surface area contributed by atoms with Crippen LogP contribution < -0.4 is 0 Å². The highest BCUT2D eigenvalue weighted by molar-refractivity contribution is 9.10. The van der Waals surface area contributed by atoms with Gasteiger partial charge in [-0.1, -0.05) is 22.4 Å². The molecule has 1 fully saturated rings. The summed E-state index contributed by atoms with van der Waals surface area (Å²) in [4.78, 5) is 24.9. The zero-order valence-electron chi connectivity index (χ0n) is 10.7. The molecule has 4 nitrogen and oxygen atoms in total. The summed E-state index contributed by atoms with van der Waals surface area (Å²) in [7, 11) is 1.77. The van der Waals surface area contributed by atoms with Crippen molar-refractivity contribution in [2.45, 2.75) is 19.3 Å². The lowest BCUT2D eigenvalue weighted by Crippen LogP contribution is -2.34. The first kappa shape index (κ1) is 14.1. The number of aromatic carboxylic acids is 1. The van der Waals surface area contributed by atoms with Crippen LogP contribution >= 0.6 is 15.9 Å². The van der Waals surface area contributed by atoms with E-state index in [4.69, 9.17) is 5.11 Å². The SMILES string of the molecule is CN(CC1CCC1)C(=O)c1cc(Br)cc(C(=O)O)c1. The maximum atomic E-state index is 12.3. The third-order valence-electron chi connectivity index (χ3n) is 3.50. The van der Waals surface area contributed by atoms with Gasteiger partial charge in [-0.15, -0.1) is 0 Å². The number of benzene rings is 1. The zero-order chi connectivity index (χ0) is 14.0. The highest BCUT2D eigenvalue weighted by Gasteiger charge is 2.22. The van der Waals surface area contributed by atoms with Crippen LogP contribution in [-0.2, 0) is 0 Å². The van der Waals surface area contributed by atoms with Gasteiger partial charge in [0, 0.05) is 23.6 Å². The van der Waals surface area contributed by atoms with Crippen molar-refractivity contribution in [3.63, 3.8) is 0 Å². The molecule has 0 radical (unpaired) electrons. The summed E-state index contributed by atoms with van der Waals surface area (Å²) in [5, 5.41) is 9.00. The van der Waals surface area contributed by atoms with E-state index < -0.39 is 5.97 Å². The predicted molar refractivity (Wildman–Crippen MR) is 75.4 cm³/mol. The van der Waals surface area contributed by atoms with Crippen molar-refractivity contribution in [3.05, 3.63) is 33.8 Å². The van der Waals surface area contributed by atoms with E-state index in [1.807, 2.05) is 0 Å². The Morgan fingerprint density at radius 3 is 2.47 bits per heavy atom. The molecule has 5 heteroatoms. The topological polar surface area (TPSA) is 57.6 Å². The Labute approximate surface area is 120 Å². The van der Waals surface area contributed by atoms with Gasteiger partial charge in [-0.05, 0) is 37.0 Å². The molecular formula is C14H16BrNO3. The molecule has 0 aromatic heterocycles. The molecule has 0 bridgehead atoms. The monoisotopic (exact) mass is 325 g/mol. The summed E-state index contributed by atoms with van der Waals surface area (Å²) in [6, 6.07) is 4.57. The first-order chi connectivity index (χ1) is 8.97. The standard InChI is InChI=1S/C14H16BrNO3/c1-16(8-9-3-2-4-9)13(17)10-5-11(14(18)19)7-12(15)6-10/h5-7,9H,2-4,8H2,1H3,(H,18,19). The third kappa shape index (κ3) is 3.35. The average molecular weight is 326 g/mol. The van der Waals surface area contributed by atoms with Crippen molar-refractivity contribution in [2.75, 3.05) is 13.6 Å². The molecule has 2 rings (SSSR count). The van der Waals surface area contributed by atoms with Crippen molar-refractivity contribution >= 4 is 27.8 Å². The Morgan fingerprint density at radius 1 is 1.32 bits per heavy atom. The van der Waals surface area contributed by atoms with Gasteiger partial charge in [-0.25, -0.2) is 4.79 Å². The molecular weight excluding hydrogens is 310 g/mol. The van der Waals surface area contributed by atoms with Gasteiger partial charge in [0.25, 0.3) is 5.91 Å². The summed E-state index contributed by atoms with van der Waals surface area (Å²) < 4.78 is 0.604. The molecule has 0 aliphatic heterocycles. The Bertz CT molecular complexity index is 511. The van der Waals surface area contributed by atoms with Crippen LogP contribution in [-0.4, -0.2) is 35.5 Å². The van der Waals surface area contributed by atoms with Crippen LogP contribution in [0.25, 0.3) is 0 Å². The lowest BCUT2D eigenvalue weighted by molar-refractivity contribution is 0.0696. The molecule has 1 saturated carbocycles. The number of nitrogens with zero attached hydrogens (tertiary/aromatic N) is 1. The van der Waals surface area contributed by atoms with E-state index in [9.17, 15) is 9.59 Å². The summed E-state index contributed by atoms with van der Waals surface area (Å²) in [5.41, 5.74) is 0.531. The van der Waals surface area contributed by atoms with Gasteiger partial charge in [0.05, 0.1) is 5.56 Å². The van der Waals surface area contributed by atoms with Gasteiger partial charge in [0.2, 0.25) is 0 Å². The van der Waals surface area contributed by atoms with Gasteiger partial charge >= 0.3 is 5.97 Å². The fraction of sp³-hybridized carbons (Fsp3) is 0.429. The van der Waals surface area contributed by atoms with Crippen LogP contribution in [0.4, 0.5) is 0 Å². The minimum Gasteiger partial charge on any atom is -0.478 e. The minimum absolute atomic E-state index is 0.120. The molecule has 1 amide bonds. The van der Waals surface area contributed by atoms with Gasteiger partial charge in [0.15, 0.2) is 0 Å². The van der Waals surface area contributed by atoms with E-state index in [0.29, 0.717) is 16.0 Å². The van der Waals surface area contributed by atoms with Crippen LogP contribution in [0.15, 0.2) is 22.7 Å². The first-order valence-electron chi connectivity index (χ1n) is 6.26. The fourth-order valence-electron chi connectivity index (χ4n) is 2.20. The highest BCUT2D eigenvalue weighted by Crippen LogP contribution is 2.27. The Kier molecular flexibility index (Phi) is 4.24. The van der Waals surface area contributed by atoms with Crippen molar-refractivity contribution in [1.29, 1.82) is 0 Å². The lowest BCUT2D eigenvalue weighted by atomic mass is 9.85. The lowest BCUT2D eigenvalue weighted by Gasteiger charge is -2.30. The Morgan fingerprint density at radius 2 is 1.95 bits per heavy atom. The Hall–Kier alpha value is -1.36. The maximum absolute atomic E-state index is 12.3. The number of rotatable bonds is 4. The van der Waals surface area contributed by atoms with Gasteiger partial charge in [0.1, 0.15) is 0 Å². The maximum Gasteiger partial charge on any atom is 0.335 e. The van der Waals surface area contributed by atoms with E-state index in [0.717, 1.165) is 6.54 Å². The molecule has 19 heavy (non-hydrogen) atoms. The summed E-state index contributed by atoms with van der Waals surface area (Å²) in [6.07, 6.45) is 3.60. The van der Waals surface area contributed by atoms with E-state index >= 15 is 0 Å². The van der Waals surface area contributed by atoms with E-state index in [1.54, 1.807) is 18.0 Å². The van der Waals surface area contributed by atoms with E-state index in [-0.39, 0.29) is 11.5 Å². The number of amides is 1. The number of carboxylic acid groups (broad SMARTS) is 1. The van der Waals surface area contributed by atoms with Crippen molar-refractivity contribution in [1.82, 2.24) is 4.90 Å². The third-order valence-corrected chi connectivity index (χ3v) is 3.95. The average Bonchev–Trinajstić information content (AvgIpc) is 2.31. The molecule has 1 aliphatic rings. The summed E-state index contributed by atoms with van der Waals surface area (Å²) in [5.74, 6) is -0.562. The first-order valence-corrected chi connectivity index (χ1v) is 7.06. The molecule has 0 unspecified atom stereocenters. The van der Waals surface area contributed by atoms with Crippen molar-refractivity contribution in [2.24, 2.45) is 5.92 Å². The molecule has 0 atom stereocenters. The number of halogens is 1. The number of hydrogen-bond acceptors (Lipinski definition) is 2. The quantitative estimate of drug-likeness (QED) is 0.925. The van der Waals surface area contributed by atoms with Crippen molar-refractivity contribution in [3.8, 4) is 0 Å². The predicted octanol–water partition coefficient (Wildman–Crippen LogP) is 3.02. The molecule has 1 aliphatic carbocycles. The van der Waals surface area contributed by atoms with Gasteiger partial charge in [-0.2, -0.15) is 0 Å². The largest absolute Gasteiger partial charge is 0.478 e. The van der Waals surface area contributed by atoms with Crippen LogP contribution in [0, 0.1) is 5.92 Å². The summed E-state index contributed by atoms with van der Waals surface area (Å²) >= 11 is 3.24. The Balaban J connectivity index is 2.15. The second kappa shape index (κ2) is 5.74. The van der Waals surface area contributed by atoms with Gasteiger partial charge in [-0.3, -0.25) is 4.79 Å². The van der Waals surface area contributed by atoms with Crippen LogP contribution in [0.3, 0.4) is 0 Å². The molecule has 0 saturated heterocycles. The molecule has 0 spiro atoms. The van der Waals surface area contributed by atoms with E-state index in [1.165, 1.54) is 31.4 Å². The fourth-order valence-corrected chi connectivity index (χ4v) is 2.70. The zero-order valence-corrected chi connectivity index (χ0v) is 12.3. The summed E-state index contributed by atoms with van der Waals surface area (Å²) in [6.45, 7) is 0.744. The number of carbonyl (C=O) groups is 2.